The standard InChI is InChI=1S/C30H30N6O2.ClH/c1-18-27(34-19(2)28(18)30(38)32-16-22-7-6-12-31-22)14-25-24-13-20(10-11-26(24)35-29(25)37)21-15-33-36(17-21)23-8-4-3-5-9-23;/h3-5,8-11,13-15,17,22,31,34H,6-7,12,16H2,1-2H3,(H,32,38)(H,35,37);1H/b25-14-;/t22-;/m1./s1. The molecule has 0 bridgehead atoms. The maximum Gasteiger partial charge on any atom is 0.256 e. The summed E-state index contributed by atoms with van der Waals surface area (Å²) in [5, 5.41) is 13.9. The number of H-pyrrole nitrogens is 1. The molecule has 2 aliphatic rings. The van der Waals surface area contributed by atoms with Crippen molar-refractivity contribution in [1.29, 1.82) is 0 Å². The van der Waals surface area contributed by atoms with Crippen molar-refractivity contribution in [3.63, 3.8) is 0 Å². The fourth-order valence-electron chi connectivity index (χ4n) is 5.34. The quantitative estimate of drug-likeness (QED) is 0.261. The van der Waals surface area contributed by atoms with Crippen LogP contribution in [0.25, 0.3) is 28.5 Å². The zero-order valence-electron chi connectivity index (χ0n) is 21.9. The van der Waals surface area contributed by atoms with Crippen LogP contribution in [0.5, 0.6) is 0 Å². The van der Waals surface area contributed by atoms with Gasteiger partial charge in [0.1, 0.15) is 0 Å². The molecular formula is C30H31ClN6O2. The van der Waals surface area contributed by atoms with Crippen LogP contribution in [0.15, 0.2) is 60.9 Å². The number of nitrogens with one attached hydrogen (secondary N) is 4. The van der Waals surface area contributed by atoms with Gasteiger partial charge in [-0.1, -0.05) is 24.3 Å². The van der Waals surface area contributed by atoms with Crippen LogP contribution in [0.4, 0.5) is 5.69 Å². The smallest absolute Gasteiger partial charge is 0.256 e. The topological polar surface area (TPSA) is 104 Å². The highest BCUT2D eigenvalue weighted by Crippen LogP contribution is 2.37. The number of fused-ring (bicyclic) bond motifs is 1. The number of hydrogen-bond acceptors (Lipinski definition) is 4. The van der Waals surface area contributed by atoms with E-state index in [2.05, 4.69) is 26.0 Å². The number of benzene rings is 2. The minimum Gasteiger partial charge on any atom is -0.358 e. The van der Waals surface area contributed by atoms with Gasteiger partial charge in [-0.25, -0.2) is 4.68 Å². The van der Waals surface area contributed by atoms with Crippen LogP contribution in [0.2, 0.25) is 0 Å². The maximum atomic E-state index is 13.0. The minimum absolute atomic E-state index is 0. The number of aromatic amines is 1. The van der Waals surface area contributed by atoms with Crippen LogP contribution in [-0.4, -0.2) is 45.7 Å². The van der Waals surface area contributed by atoms with Gasteiger partial charge in [0, 0.05) is 47.0 Å². The average molecular weight is 543 g/mol. The van der Waals surface area contributed by atoms with Gasteiger partial charge in [-0.3, -0.25) is 9.59 Å². The number of amides is 2. The highest BCUT2D eigenvalue weighted by Gasteiger charge is 2.26. The summed E-state index contributed by atoms with van der Waals surface area (Å²) in [5.41, 5.74) is 8.06. The predicted molar refractivity (Wildman–Crippen MR) is 156 cm³/mol. The van der Waals surface area contributed by atoms with E-state index >= 15 is 0 Å². The number of aryl methyl sites for hydroxylation is 1. The summed E-state index contributed by atoms with van der Waals surface area (Å²) in [4.78, 5) is 29.3. The molecule has 0 unspecified atom stereocenters. The molecule has 1 atom stereocenters. The first-order valence-electron chi connectivity index (χ1n) is 13.0. The molecule has 0 saturated carbocycles. The number of rotatable bonds is 6. The Hall–Kier alpha value is -4.14. The molecule has 2 aliphatic heterocycles. The van der Waals surface area contributed by atoms with Gasteiger partial charge in [0.25, 0.3) is 11.8 Å². The number of hydrogen-bond donors (Lipinski definition) is 4. The second-order valence-electron chi connectivity index (χ2n) is 9.95. The van der Waals surface area contributed by atoms with Gasteiger partial charge in [-0.2, -0.15) is 5.10 Å². The summed E-state index contributed by atoms with van der Waals surface area (Å²) < 4.78 is 1.84. The first-order valence-corrected chi connectivity index (χ1v) is 13.0. The SMILES string of the molecule is Cc1[nH]c(/C=C2\C(=O)Nc3ccc(-c4cnn(-c5ccccc5)c4)cc32)c(C)c1C(=O)NC[C@H]1CCCN1.Cl. The summed E-state index contributed by atoms with van der Waals surface area (Å²) in [5.74, 6) is -0.259. The first kappa shape index (κ1) is 26.5. The Morgan fingerprint density at radius 2 is 1.97 bits per heavy atom. The number of carbonyl (C=O) groups excluding carboxylic acids is 2. The lowest BCUT2D eigenvalue weighted by Gasteiger charge is -2.11. The lowest BCUT2D eigenvalue weighted by molar-refractivity contribution is -0.110. The number of aromatic nitrogens is 3. The van der Waals surface area contributed by atoms with E-state index in [1.54, 1.807) is 0 Å². The Bertz CT molecular complexity index is 1560. The molecule has 4 aromatic rings. The van der Waals surface area contributed by atoms with Crippen molar-refractivity contribution in [2.45, 2.75) is 32.7 Å². The third kappa shape index (κ3) is 5.13. The van der Waals surface area contributed by atoms with Gasteiger partial charge >= 0.3 is 0 Å². The van der Waals surface area contributed by atoms with Crippen molar-refractivity contribution in [1.82, 2.24) is 25.4 Å². The van der Waals surface area contributed by atoms with Crippen LogP contribution in [-0.2, 0) is 4.79 Å². The fraction of sp³-hybridized carbons (Fsp3) is 0.233. The molecule has 2 amide bonds. The summed E-state index contributed by atoms with van der Waals surface area (Å²) in [6.07, 6.45) is 7.87. The molecule has 4 heterocycles. The second kappa shape index (κ2) is 10.9. The Morgan fingerprint density at radius 1 is 1.15 bits per heavy atom. The predicted octanol–water partition coefficient (Wildman–Crippen LogP) is 4.88. The Labute approximate surface area is 233 Å². The van der Waals surface area contributed by atoms with Crippen molar-refractivity contribution in [2.75, 3.05) is 18.4 Å². The third-order valence-electron chi connectivity index (χ3n) is 7.40. The van der Waals surface area contributed by atoms with Crippen molar-refractivity contribution < 1.29 is 9.59 Å². The van der Waals surface area contributed by atoms with E-state index in [0.29, 0.717) is 23.7 Å². The van der Waals surface area contributed by atoms with Gasteiger partial charge in [0.05, 0.1) is 23.0 Å². The van der Waals surface area contributed by atoms with Crippen LogP contribution >= 0.6 is 12.4 Å². The summed E-state index contributed by atoms with van der Waals surface area (Å²) in [6.45, 7) is 5.42. The lowest BCUT2D eigenvalue weighted by Crippen LogP contribution is -2.37. The van der Waals surface area contributed by atoms with Crippen molar-refractivity contribution >= 4 is 41.6 Å². The summed E-state index contributed by atoms with van der Waals surface area (Å²) in [7, 11) is 0. The maximum absolute atomic E-state index is 13.0. The molecule has 0 radical (unpaired) electrons. The molecule has 0 aliphatic carbocycles. The largest absolute Gasteiger partial charge is 0.358 e. The number of para-hydroxylation sites is 1. The van der Waals surface area contributed by atoms with Gasteiger partial charge < -0.3 is 20.9 Å². The zero-order valence-corrected chi connectivity index (χ0v) is 22.7. The normalized spacial score (nSPS) is 17.1. The molecule has 6 rings (SSSR count). The monoisotopic (exact) mass is 542 g/mol. The van der Waals surface area contributed by atoms with E-state index in [0.717, 1.165) is 64.4 Å². The number of carbonyl (C=O) groups is 2. The van der Waals surface area contributed by atoms with E-state index in [-0.39, 0.29) is 24.2 Å². The van der Waals surface area contributed by atoms with E-state index in [9.17, 15) is 9.59 Å². The Kier molecular flexibility index (Phi) is 7.41. The number of nitrogens with zero attached hydrogens (tertiary/aromatic N) is 2. The Morgan fingerprint density at radius 3 is 2.74 bits per heavy atom. The molecule has 2 aromatic heterocycles. The van der Waals surface area contributed by atoms with Crippen molar-refractivity contribution in [2.24, 2.45) is 0 Å². The van der Waals surface area contributed by atoms with Gasteiger partial charge in [0.2, 0.25) is 0 Å². The molecule has 8 nitrogen and oxygen atoms in total. The van der Waals surface area contributed by atoms with Crippen molar-refractivity contribution in [3.8, 4) is 16.8 Å². The molecule has 2 aromatic carbocycles. The van der Waals surface area contributed by atoms with Gasteiger partial charge in [-0.15, -0.1) is 12.4 Å². The van der Waals surface area contributed by atoms with E-state index in [1.807, 2.05) is 85.5 Å². The summed E-state index contributed by atoms with van der Waals surface area (Å²) in [6, 6.07) is 16.2. The van der Waals surface area contributed by atoms with E-state index in [4.69, 9.17) is 0 Å². The second-order valence-corrected chi connectivity index (χ2v) is 9.95. The first-order chi connectivity index (χ1) is 18.5. The lowest BCUT2D eigenvalue weighted by atomic mass is 9.99. The average Bonchev–Trinajstić information content (AvgIpc) is 3.72. The van der Waals surface area contributed by atoms with Crippen LogP contribution in [0.1, 0.15) is 45.7 Å². The molecule has 200 valence electrons. The van der Waals surface area contributed by atoms with E-state index < -0.39 is 0 Å². The zero-order chi connectivity index (χ0) is 26.2. The highest BCUT2D eigenvalue weighted by molar-refractivity contribution is 6.35. The minimum atomic E-state index is -0.165. The summed E-state index contributed by atoms with van der Waals surface area (Å²) >= 11 is 0. The third-order valence-corrected chi connectivity index (χ3v) is 7.40. The molecule has 39 heavy (non-hydrogen) atoms. The highest BCUT2D eigenvalue weighted by atomic mass is 35.5. The van der Waals surface area contributed by atoms with Crippen LogP contribution in [0.3, 0.4) is 0 Å². The van der Waals surface area contributed by atoms with E-state index in [1.165, 1.54) is 0 Å². The number of anilines is 1. The molecule has 1 saturated heterocycles. The molecule has 1 fully saturated rings. The molecule has 0 spiro atoms. The van der Waals surface area contributed by atoms with Gasteiger partial charge in [-0.05, 0) is 74.7 Å². The molecular weight excluding hydrogens is 512 g/mol. The van der Waals surface area contributed by atoms with Crippen LogP contribution < -0.4 is 16.0 Å². The van der Waals surface area contributed by atoms with Crippen LogP contribution in [0, 0.1) is 13.8 Å². The van der Waals surface area contributed by atoms with Gasteiger partial charge in [0.15, 0.2) is 0 Å². The fourth-order valence-corrected chi connectivity index (χ4v) is 5.34. The molecule has 4 N–H and O–H groups in total. The van der Waals surface area contributed by atoms with Crippen molar-refractivity contribution in [3.05, 3.63) is 89.0 Å². The number of halogens is 1. The molecule has 9 heteroatoms. The Balaban J connectivity index is 0.00000308.